The van der Waals surface area contributed by atoms with Gasteiger partial charge in [-0.3, -0.25) is 4.68 Å². The number of hydrogen-bond donors (Lipinski definition) is 3. The van der Waals surface area contributed by atoms with Crippen LogP contribution in [0.3, 0.4) is 0 Å². The lowest BCUT2D eigenvalue weighted by atomic mass is 10.2. The molecule has 3 rings (SSSR count). The highest BCUT2D eigenvalue weighted by atomic mass is 19.1. The quantitative estimate of drug-likeness (QED) is 0.608. The monoisotopic (exact) mass is 346 g/mol. The summed E-state index contributed by atoms with van der Waals surface area (Å²) in [6.07, 6.45) is 4.22. The Morgan fingerprint density at radius 1 is 1.12 bits per heavy atom. The van der Waals surface area contributed by atoms with Crippen molar-refractivity contribution in [2.24, 2.45) is 0 Å². The van der Waals surface area contributed by atoms with Gasteiger partial charge in [-0.1, -0.05) is 18.2 Å². The number of nitrogens with one attached hydrogen (secondary N) is 2. The van der Waals surface area contributed by atoms with E-state index in [0.29, 0.717) is 17.8 Å². The molecule has 0 radical (unpaired) electrons. The Hall–Kier alpha value is -3.07. The van der Waals surface area contributed by atoms with E-state index >= 15 is 0 Å². The number of hydrogen-bond acceptors (Lipinski definition) is 6. The summed E-state index contributed by atoms with van der Waals surface area (Å²) < 4.78 is 29.0. The van der Waals surface area contributed by atoms with Gasteiger partial charge < -0.3 is 15.7 Å². The smallest absolute Gasteiger partial charge is 0.229 e. The average Bonchev–Trinajstić information content (AvgIpc) is 3.04. The van der Waals surface area contributed by atoms with Crippen molar-refractivity contribution in [3.05, 3.63) is 60.1 Å². The molecular weight excluding hydrogens is 330 g/mol. The molecule has 2 heterocycles. The van der Waals surface area contributed by atoms with Gasteiger partial charge in [0.1, 0.15) is 5.82 Å². The zero-order chi connectivity index (χ0) is 17.6. The molecule has 25 heavy (non-hydrogen) atoms. The zero-order valence-electron chi connectivity index (χ0n) is 13.2. The number of anilines is 3. The predicted octanol–water partition coefficient (Wildman–Crippen LogP) is 2.30. The molecular formula is C16H16F2N6O. The van der Waals surface area contributed by atoms with Crippen LogP contribution in [0.5, 0.6) is 0 Å². The third kappa shape index (κ3) is 4.27. The van der Waals surface area contributed by atoms with Crippen LogP contribution in [0.4, 0.5) is 26.2 Å². The van der Waals surface area contributed by atoms with Crippen molar-refractivity contribution in [2.75, 3.05) is 17.2 Å². The molecule has 7 nitrogen and oxygen atoms in total. The Morgan fingerprint density at radius 2 is 1.96 bits per heavy atom. The zero-order valence-corrected chi connectivity index (χ0v) is 13.2. The normalized spacial score (nSPS) is 10.7. The van der Waals surface area contributed by atoms with E-state index in [2.05, 4.69) is 25.7 Å². The van der Waals surface area contributed by atoms with Crippen LogP contribution < -0.4 is 10.6 Å². The fraction of sp³-hybridized carbons (Fsp3) is 0.188. The van der Waals surface area contributed by atoms with Gasteiger partial charge in [0.25, 0.3) is 0 Å². The van der Waals surface area contributed by atoms with Crippen LogP contribution in [0, 0.1) is 11.6 Å². The van der Waals surface area contributed by atoms with Crippen LogP contribution in [0.2, 0.25) is 0 Å². The van der Waals surface area contributed by atoms with Crippen LogP contribution in [0.25, 0.3) is 0 Å². The van der Waals surface area contributed by atoms with Crippen LogP contribution in [-0.2, 0) is 13.1 Å². The van der Waals surface area contributed by atoms with E-state index in [0.717, 1.165) is 6.20 Å². The number of aliphatic hydroxyl groups is 1. The van der Waals surface area contributed by atoms with Gasteiger partial charge in [-0.25, -0.2) is 13.8 Å². The molecule has 130 valence electrons. The number of aromatic nitrogens is 4. The van der Waals surface area contributed by atoms with Crippen molar-refractivity contribution in [1.82, 2.24) is 19.7 Å². The maximum Gasteiger partial charge on any atom is 0.229 e. The summed E-state index contributed by atoms with van der Waals surface area (Å²) in [6, 6.07) is 6.23. The molecule has 9 heteroatoms. The number of rotatable bonds is 7. The van der Waals surface area contributed by atoms with Crippen molar-refractivity contribution < 1.29 is 13.9 Å². The second kappa shape index (κ2) is 7.67. The van der Waals surface area contributed by atoms with Crippen molar-refractivity contribution in [3.8, 4) is 0 Å². The lowest BCUT2D eigenvalue weighted by Gasteiger charge is -2.09. The molecule has 3 aromatic rings. The van der Waals surface area contributed by atoms with Gasteiger partial charge in [0.05, 0.1) is 31.2 Å². The predicted molar refractivity (Wildman–Crippen MR) is 88.3 cm³/mol. The first-order chi connectivity index (χ1) is 12.2. The minimum atomic E-state index is -0.641. The molecule has 0 saturated heterocycles. The molecule has 3 N–H and O–H groups in total. The van der Waals surface area contributed by atoms with Crippen molar-refractivity contribution >= 4 is 17.5 Å². The minimum absolute atomic E-state index is 0.0295. The largest absolute Gasteiger partial charge is 0.394 e. The summed E-state index contributed by atoms with van der Waals surface area (Å²) in [7, 11) is 0. The van der Waals surface area contributed by atoms with Gasteiger partial charge >= 0.3 is 0 Å². The second-order valence-corrected chi connectivity index (χ2v) is 5.18. The topological polar surface area (TPSA) is 87.9 Å². The Morgan fingerprint density at radius 3 is 2.76 bits per heavy atom. The van der Waals surface area contributed by atoms with Gasteiger partial charge in [-0.15, -0.1) is 0 Å². The van der Waals surface area contributed by atoms with Crippen molar-refractivity contribution in [2.45, 2.75) is 13.1 Å². The molecule has 0 amide bonds. The highest BCUT2D eigenvalue weighted by molar-refractivity contribution is 5.52. The fourth-order valence-electron chi connectivity index (χ4n) is 2.15. The summed E-state index contributed by atoms with van der Waals surface area (Å²) in [4.78, 5) is 7.91. The van der Waals surface area contributed by atoms with E-state index in [1.54, 1.807) is 29.1 Å². The van der Waals surface area contributed by atoms with Crippen LogP contribution in [0.1, 0.15) is 5.56 Å². The standard InChI is InChI=1S/C16H16F2N6O/c17-13-4-2-1-3-11(13)7-19-15-14(18)9-20-16(23-15)22-12-8-21-24(10-12)5-6-25/h1-4,8-10,25H,5-7H2,(H2,19,20,22,23). The molecule has 0 bridgehead atoms. The molecule has 0 aliphatic carbocycles. The first-order valence-corrected chi connectivity index (χ1v) is 7.56. The maximum absolute atomic E-state index is 13.9. The summed E-state index contributed by atoms with van der Waals surface area (Å²) >= 11 is 0. The van der Waals surface area contributed by atoms with E-state index in [1.165, 1.54) is 12.3 Å². The molecule has 0 fully saturated rings. The molecule has 0 saturated carbocycles. The van der Waals surface area contributed by atoms with Gasteiger partial charge in [0, 0.05) is 18.3 Å². The van der Waals surface area contributed by atoms with E-state index in [9.17, 15) is 8.78 Å². The number of benzene rings is 1. The lowest BCUT2D eigenvalue weighted by molar-refractivity contribution is 0.269. The SMILES string of the molecule is OCCn1cc(Nc2ncc(F)c(NCc3ccccc3F)n2)cn1. The Bertz CT molecular complexity index is 854. The van der Waals surface area contributed by atoms with Gasteiger partial charge in [0.15, 0.2) is 11.6 Å². The number of aliphatic hydroxyl groups excluding tert-OH is 1. The summed E-state index contributed by atoms with van der Waals surface area (Å²) in [5.74, 6) is -0.888. The third-order valence-electron chi connectivity index (χ3n) is 3.37. The van der Waals surface area contributed by atoms with Gasteiger partial charge in [-0.2, -0.15) is 10.1 Å². The summed E-state index contributed by atoms with van der Waals surface area (Å²) in [6.45, 7) is 0.425. The molecule has 0 spiro atoms. The van der Waals surface area contributed by atoms with E-state index in [1.807, 2.05) is 0 Å². The highest BCUT2D eigenvalue weighted by Gasteiger charge is 2.09. The summed E-state index contributed by atoms with van der Waals surface area (Å²) in [5.41, 5.74) is 1.00. The third-order valence-corrected chi connectivity index (χ3v) is 3.37. The first kappa shape index (κ1) is 16.8. The number of nitrogens with zero attached hydrogens (tertiary/aromatic N) is 4. The van der Waals surface area contributed by atoms with E-state index < -0.39 is 5.82 Å². The molecule has 1 aromatic carbocycles. The summed E-state index contributed by atoms with van der Waals surface area (Å²) in [5, 5.41) is 18.6. The molecule has 0 unspecified atom stereocenters. The molecule has 2 aromatic heterocycles. The maximum atomic E-state index is 13.9. The van der Waals surface area contributed by atoms with Crippen LogP contribution in [-0.4, -0.2) is 31.5 Å². The van der Waals surface area contributed by atoms with Gasteiger partial charge in [0.2, 0.25) is 5.95 Å². The van der Waals surface area contributed by atoms with E-state index in [4.69, 9.17) is 5.11 Å². The first-order valence-electron chi connectivity index (χ1n) is 7.56. The molecule has 0 aliphatic rings. The molecule has 0 atom stereocenters. The minimum Gasteiger partial charge on any atom is -0.394 e. The average molecular weight is 346 g/mol. The Balaban J connectivity index is 1.70. The number of halogens is 2. The Kier molecular flexibility index (Phi) is 5.14. The van der Waals surface area contributed by atoms with Crippen molar-refractivity contribution in [1.29, 1.82) is 0 Å². The Labute approximate surface area is 142 Å². The van der Waals surface area contributed by atoms with Crippen molar-refractivity contribution in [3.63, 3.8) is 0 Å². The second-order valence-electron chi connectivity index (χ2n) is 5.18. The van der Waals surface area contributed by atoms with Gasteiger partial charge in [-0.05, 0) is 6.07 Å². The fourth-order valence-corrected chi connectivity index (χ4v) is 2.15. The van der Waals surface area contributed by atoms with E-state index in [-0.39, 0.29) is 30.7 Å². The lowest BCUT2D eigenvalue weighted by Crippen LogP contribution is -2.07. The van der Waals surface area contributed by atoms with Crippen LogP contribution in [0.15, 0.2) is 42.9 Å². The van der Waals surface area contributed by atoms with Crippen LogP contribution >= 0.6 is 0 Å². The highest BCUT2D eigenvalue weighted by Crippen LogP contribution is 2.17. The molecule has 0 aliphatic heterocycles.